The number of alkyl halides is 3. The van der Waals surface area contributed by atoms with Crippen LogP contribution in [0, 0.1) is 0 Å². The predicted molar refractivity (Wildman–Crippen MR) is 54.3 cm³/mol. The number of rotatable bonds is 2. The quantitative estimate of drug-likeness (QED) is 0.808. The molecule has 0 radical (unpaired) electrons. The molecular weight excluding hydrogens is 221 g/mol. The lowest BCUT2D eigenvalue weighted by Gasteiger charge is -2.08. The zero-order valence-electron chi connectivity index (χ0n) is 8.56. The standard InChI is InChI=1S/C10H11F3N2O/c1-14-9(16)15-8-4-2-7(3-5-8)6-10(11,12)13/h2-5H,6H2,1H3,(H2,14,15,16). The smallest absolute Gasteiger partial charge is 0.341 e. The highest BCUT2D eigenvalue weighted by molar-refractivity contribution is 5.88. The molecule has 0 heterocycles. The second-order valence-electron chi connectivity index (χ2n) is 3.19. The van der Waals surface area contributed by atoms with E-state index in [4.69, 9.17) is 0 Å². The number of urea groups is 1. The molecular formula is C10H11F3N2O. The van der Waals surface area contributed by atoms with Crippen molar-refractivity contribution in [3.63, 3.8) is 0 Å². The Morgan fingerprint density at radius 2 is 1.81 bits per heavy atom. The van der Waals surface area contributed by atoms with E-state index in [1.165, 1.54) is 31.3 Å². The first-order valence-electron chi connectivity index (χ1n) is 4.55. The molecule has 0 bridgehead atoms. The van der Waals surface area contributed by atoms with Crippen LogP contribution >= 0.6 is 0 Å². The molecule has 0 aliphatic rings. The minimum atomic E-state index is -4.21. The van der Waals surface area contributed by atoms with E-state index >= 15 is 0 Å². The monoisotopic (exact) mass is 232 g/mol. The molecule has 0 aliphatic carbocycles. The first-order chi connectivity index (χ1) is 7.40. The molecule has 0 unspecified atom stereocenters. The Morgan fingerprint density at radius 3 is 2.25 bits per heavy atom. The fraction of sp³-hybridized carbons (Fsp3) is 0.300. The van der Waals surface area contributed by atoms with Gasteiger partial charge in [-0.05, 0) is 17.7 Å². The number of amides is 2. The Morgan fingerprint density at radius 1 is 1.25 bits per heavy atom. The van der Waals surface area contributed by atoms with Crippen LogP contribution in [0.1, 0.15) is 5.56 Å². The highest BCUT2D eigenvalue weighted by Gasteiger charge is 2.27. The Kier molecular flexibility index (Phi) is 3.76. The zero-order valence-corrected chi connectivity index (χ0v) is 8.56. The van der Waals surface area contributed by atoms with Gasteiger partial charge in [0.1, 0.15) is 0 Å². The molecule has 0 atom stereocenters. The van der Waals surface area contributed by atoms with E-state index in [-0.39, 0.29) is 5.56 Å². The maximum absolute atomic E-state index is 12.0. The second kappa shape index (κ2) is 4.87. The van der Waals surface area contributed by atoms with Crippen LogP contribution in [0.5, 0.6) is 0 Å². The van der Waals surface area contributed by atoms with Gasteiger partial charge in [-0.3, -0.25) is 0 Å². The van der Waals surface area contributed by atoms with Gasteiger partial charge in [-0.2, -0.15) is 13.2 Å². The maximum Gasteiger partial charge on any atom is 0.393 e. The lowest BCUT2D eigenvalue weighted by molar-refractivity contribution is -0.127. The van der Waals surface area contributed by atoms with Gasteiger partial charge in [0.25, 0.3) is 0 Å². The number of carbonyl (C=O) groups excluding carboxylic acids is 1. The molecule has 3 nitrogen and oxygen atoms in total. The summed E-state index contributed by atoms with van der Waals surface area (Å²) >= 11 is 0. The molecule has 1 aromatic rings. The van der Waals surface area contributed by atoms with Crippen molar-refractivity contribution in [2.45, 2.75) is 12.6 Å². The second-order valence-corrected chi connectivity index (χ2v) is 3.19. The maximum atomic E-state index is 12.0. The number of hydrogen-bond acceptors (Lipinski definition) is 1. The fourth-order valence-electron chi connectivity index (χ4n) is 1.13. The van der Waals surface area contributed by atoms with Crippen molar-refractivity contribution in [1.29, 1.82) is 0 Å². The molecule has 1 aromatic carbocycles. The van der Waals surface area contributed by atoms with E-state index in [2.05, 4.69) is 10.6 Å². The SMILES string of the molecule is CNC(=O)Nc1ccc(CC(F)(F)F)cc1. The zero-order chi connectivity index (χ0) is 12.2. The molecule has 0 aromatic heterocycles. The first-order valence-corrected chi connectivity index (χ1v) is 4.55. The third-order valence-electron chi connectivity index (χ3n) is 1.84. The summed E-state index contributed by atoms with van der Waals surface area (Å²) in [5.74, 6) is 0. The van der Waals surface area contributed by atoms with Gasteiger partial charge in [0.15, 0.2) is 0 Å². The van der Waals surface area contributed by atoms with E-state index in [1.807, 2.05) is 0 Å². The van der Waals surface area contributed by atoms with Gasteiger partial charge in [0, 0.05) is 12.7 Å². The van der Waals surface area contributed by atoms with Crippen LogP contribution in [0.15, 0.2) is 24.3 Å². The minimum Gasteiger partial charge on any atom is -0.341 e. The normalized spacial score (nSPS) is 11.0. The van der Waals surface area contributed by atoms with E-state index in [0.717, 1.165) is 0 Å². The predicted octanol–water partition coefficient (Wildman–Crippen LogP) is 2.54. The molecule has 16 heavy (non-hydrogen) atoms. The van der Waals surface area contributed by atoms with Gasteiger partial charge in [0.05, 0.1) is 6.42 Å². The molecule has 0 spiro atoms. The molecule has 0 aliphatic heterocycles. The van der Waals surface area contributed by atoms with Crippen LogP contribution in [0.2, 0.25) is 0 Å². The molecule has 0 saturated heterocycles. The van der Waals surface area contributed by atoms with E-state index < -0.39 is 18.6 Å². The summed E-state index contributed by atoms with van der Waals surface area (Å²) in [6, 6.07) is 5.10. The van der Waals surface area contributed by atoms with Crippen LogP contribution in [-0.2, 0) is 6.42 Å². The Balaban J connectivity index is 2.64. The molecule has 0 saturated carbocycles. The first kappa shape index (κ1) is 12.4. The summed E-state index contributed by atoms with van der Waals surface area (Å²) in [4.78, 5) is 10.9. The lowest BCUT2D eigenvalue weighted by atomic mass is 10.1. The Labute approximate surface area is 90.6 Å². The number of benzene rings is 1. The number of carbonyl (C=O) groups is 1. The largest absolute Gasteiger partial charge is 0.393 e. The highest BCUT2D eigenvalue weighted by Crippen LogP contribution is 2.22. The molecule has 2 N–H and O–H groups in total. The summed E-state index contributed by atoms with van der Waals surface area (Å²) in [5, 5.41) is 4.79. The number of halogens is 3. The summed E-state index contributed by atoms with van der Waals surface area (Å²) < 4.78 is 36.1. The van der Waals surface area contributed by atoms with Crippen LogP contribution in [0.25, 0.3) is 0 Å². The van der Waals surface area contributed by atoms with Gasteiger partial charge >= 0.3 is 12.2 Å². The average Bonchev–Trinajstić information content (AvgIpc) is 2.18. The number of nitrogens with one attached hydrogen (secondary N) is 2. The topological polar surface area (TPSA) is 41.1 Å². The fourth-order valence-corrected chi connectivity index (χ4v) is 1.13. The van der Waals surface area contributed by atoms with Gasteiger partial charge in [-0.15, -0.1) is 0 Å². The van der Waals surface area contributed by atoms with E-state index in [9.17, 15) is 18.0 Å². The Hall–Kier alpha value is -1.72. The van der Waals surface area contributed by atoms with Crippen molar-refractivity contribution in [2.75, 3.05) is 12.4 Å². The summed E-state index contributed by atoms with van der Waals surface area (Å²) in [5.41, 5.74) is 0.611. The molecule has 0 fully saturated rings. The van der Waals surface area contributed by atoms with Crippen LogP contribution in [0.4, 0.5) is 23.7 Å². The average molecular weight is 232 g/mol. The van der Waals surface area contributed by atoms with Crippen LogP contribution in [-0.4, -0.2) is 19.3 Å². The summed E-state index contributed by atoms with van der Waals surface area (Å²) in [7, 11) is 1.45. The van der Waals surface area contributed by atoms with Crippen molar-refractivity contribution in [3.8, 4) is 0 Å². The molecule has 88 valence electrons. The van der Waals surface area contributed by atoms with Crippen molar-refractivity contribution in [3.05, 3.63) is 29.8 Å². The number of anilines is 1. The third-order valence-corrected chi connectivity index (χ3v) is 1.84. The molecule has 6 heteroatoms. The number of hydrogen-bond donors (Lipinski definition) is 2. The van der Waals surface area contributed by atoms with Crippen molar-refractivity contribution < 1.29 is 18.0 Å². The summed E-state index contributed by atoms with van der Waals surface area (Å²) in [6.07, 6.45) is -5.18. The van der Waals surface area contributed by atoms with Gasteiger partial charge < -0.3 is 10.6 Å². The van der Waals surface area contributed by atoms with Crippen LogP contribution in [0.3, 0.4) is 0 Å². The summed E-state index contributed by atoms with van der Waals surface area (Å²) in [6.45, 7) is 0. The van der Waals surface area contributed by atoms with Gasteiger partial charge in [-0.1, -0.05) is 12.1 Å². The van der Waals surface area contributed by atoms with Gasteiger partial charge in [0.2, 0.25) is 0 Å². The van der Waals surface area contributed by atoms with Crippen molar-refractivity contribution in [1.82, 2.24) is 5.32 Å². The lowest BCUT2D eigenvalue weighted by Crippen LogP contribution is -2.24. The Bertz CT molecular complexity index is 359. The minimum absolute atomic E-state index is 0.162. The van der Waals surface area contributed by atoms with E-state index in [0.29, 0.717) is 5.69 Å². The highest BCUT2D eigenvalue weighted by atomic mass is 19.4. The van der Waals surface area contributed by atoms with Crippen LogP contribution < -0.4 is 10.6 Å². The van der Waals surface area contributed by atoms with Gasteiger partial charge in [-0.25, -0.2) is 4.79 Å². The third kappa shape index (κ3) is 4.20. The molecule has 1 rings (SSSR count). The molecule has 2 amide bonds. The van der Waals surface area contributed by atoms with Crippen molar-refractivity contribution >= 4 is 11.7 Å². The van der Waals surface area contributed by atoms with E-state index in [1.54, 1.807) is 0 Å². The van der Waals surface area contributed by atoms with Crippen molar-refractivity contribution in [2.24, 2.45) is 0 Å².